The van der Waals surface area contributed by atoms with E-state index in [-0.39, 0.29) is 12.1 Å². The van der Waals surface area contributed by atoms with E-state index in [1.807, 2.05) is 0 Å². The third-order valence-corrected chi connectivity index (χ3v) is 9.20. The summed E-state index contributed by atoms with van der Waals surface area (Å²) in [7, 11) is 0. The Labute approximate surface area is 242 Å². The molecule has 0 spiro atoms. The number of hydrogen-bond donors (Lipinski definition) is 0. The molecule has 0 unspecified atom stereocenters. The maximum Gasteiger partial charge on any atom is 0.248 e. The van der Waals surface area contributed by atoms with Crippen LogP contribution in [0.1, 0.15) is 25.0 Å². The number of hydrogen-bond acceptors (Lipinski definition) is 1. The number of nitrogens with zero attached hydrogens (tertiary/aromatic N) is 1. The Balaban J connectivity index is 1.54. The lowest BCUT2D eigenvalue weighted by molar-refractivity contribution is 0.641. The van der Waals surface area contributed by atoms with Gasteiger partial charge in [-0.3, -0.25) is 0 Å². The molecule has 4 bridgehead atoms. The molecule has 1 nitrogen and oxygen atoms in total. The topological polar surface area (TPSA) is 3.24 Å². The maximum absolute atomic E-state index is 2.50. The molecule has 0 N–H and O–H groups in total. The number of benzene rings is 6. The van der Waals surface area contributed by atoms with E-state index >= 15 is 0 Å². The molecule has 6 aromatic rings. The summed E-state index contributed by atoms with van der Waals surface area (Å²) in [5.41, 5.74) is 15.3. The number of anilines is 3. The first kappa shape index (κ1) is 24.0. The maximum atomic E-state index is 2.50. The van der Waals surface area contributed by atoms with E-state index in [1.165, 1.54) is 66.8 Å². The second kappa shape index (κ2) is 9.11. The number of para-hydroxylation sites is 2. The summed E-state index contributed by atoms with van der Waals surface area (Å²) in [6, 6.07) is 54.0. The van der Waals surface area contributed by atoms with E-state index in [9.17, 15) is 0 Å². The van der Waals surface area contributed by atoms with Crippen LogP contribution < -0.4 is 21.3 Å². The zero-order valence-corrected chi connectivity index (χ0v) is 23.4. The van der Waals surface area contributed by atoms with Crippen LogP contribution in [0, 0.1) is 0 Å². The van der Waals surface area contributed by atoms with Crippen molar-refractivity contribution >= 4 is 40.2 Å². The Morgan fingerprint density at radius 1 is 0.488 bits per heavy atom. The molecule has 2 heteroatoms. The quantitative estimate of drug-likeness (QED) is 0.208. The molecule has 9 rings (SSSR count). The SMILES string of the molecule is CC1(C)c2ccc(cc2)-c2cccc(-c3ccccc3)c2B2c3ccccc3N(c3ccccc3)c3ccc1cc32. The van der Waals surface area contributed by atoms with E-state index in [4.69, 9.17) is 0 Å². The van der Waals surface area contributed by atoms with Gasteiger partial charge in [0.1, 0.15) is 0 Å². The molecule has 0 saturated carbocycles. The van der Waals surface area contributed by atoms with Gasteiger partial charge in [0.15, 0.2) is 0 Å². The van der Waals surface area contributed by atoms with Gasteiger partial charge in [-0.05, 0) is 68.6 Å². The summed E-state index contributed by atoms with van der Waals surface area (Å²) < 4.78 is 0. The monoisotopic (exact) mass is 523 g/mol. The van der Waals surface area contributed by atoms with Crippen molar-refractivity contribution in [2.45, 2.75) is 19.3 Å². The van der Waals surface area contributed by atoms with Crippen molar-refractivity contribution < 1.29 is 0 Å². The number of rotatable bonds is 2. The van der Waals surface area contributed by atoms with E-state index in [0.717, 1.165) is 0 Å². The van der Waals surface area contributed by atoms with Crippen LogP contribution in [0.2, 0.25) is 0 Å². The summed E-state index contributed by atoms with van der Waals surface area (Å²) in [5, 5.41) is 0. The first-order valence-electron chi connectivity index (χ1n) is 14.5. The van der Waals surface area contributed by atoms with Gasteiger partial charge in [-0.1, -0.05) is 141 Å². The van der Waals surface area contributed by atoms with Crippen LogP contribution >= 0.6 is 0 Å². The summed E-state index contributed by atoms with van der Waals surface area (Å²) in [6.07, 6.45) is 0. The minimum Gasteiger partial charge on any atom is -0.312 e. The minimum atomic E-state index is -0.133. The van der Waals surface area contributed by atoms with Gasteiger partial charge >= 0.3 is 0 Å². The van der Waals surface area contributed by atoms with Gasteiger partial charge in [0.05, 0.1) is 0 Å². The third kappa shape index (κ3) is 3.64. The zero-order valence-electron chi connectivity index (χ0n) is 23.4. The van der Waals surface area contributed by atoms with Gasteiger partial charge in [-0.2, -0.15) is 0 Å². The molecule has 41 heavy (non-hydrogen) atoms. The Kier molecular flexibility index (Phi) is 5.34. The van der Waals surface area contributed by atoms with Crippen molar-refractivity contribution in [3.8, 4) is 22.3 Å². The lowest BCUT2D eigenvalue weighted by Crippen LogP contribution is -2.58. The van der Waals surface area contributed by atoms with Crippen molar-refractivity contribution in [3.63, 3.8) is 0 Å². The van der Waals surface area contributed by atoms with Crippen molar-refractivity contribution in [2.24, 2.45) is 0 Å². The van der Waals surface area contributed by atoms with Crippen molar-refractivity contribution in [1.82, 2.24) is 0 Å². The van der Waals surface area contributed by atoms with Crippen LogP contribution in [0.3, 0.4) is 0 Å². The van der Waals surface area contributed by atoms with E-state index in [2.05, 4.69) is 164 Å². The Bertz CT molecular complexity index is 1910. The van der Waals surface area contributed by atoms with Crippen molar-refractivity contribution in [2.75, 3.05) is 4.90 Å². The van der Waals surface area contributed by atoms with E-state index in [0.29, 0.717) is 0 Å². The molecule has 0 atom stereocenters. The highest BCUT2D eigenvalue weighted by Crippen LogP contribution is 2.40. The first-order valence-corrected chi connectivity index (χ1v) is 14.5. The predicted octanol–water partition coefficient (Wildman–Crippen LogP) is 7.96. The average Bonchev–Trinajstić information content (AvgIpc) is 3.05. The van der Waals surface area contributed by atoms with Crippen molar-refractivity contribution in [1.29, 1.82) is 0 Å². The van der Waals surface area contributed by atoms with Crippen molar-refractivity contribution in [3.05, 3.63) is 157 Å². The minimum absolute atomic E-state index is 0.0692. The molecule has 0 amide bonds. The molecule has 0 fully saturated rings. The Morgan fingerprint density at radius 3 is 1.80 bits per heavy atom. The van der Waals surface area contributed by atoms with Gasteiger partial charge in [0.2, 0.25) is 6.71 Å². The van der Waals surface area contributed by atoms with Crippen LogP contribution in [-0.4, -0.2) is 6.71 Å². The van der Waals surface area contributed by atoms with Gasteiger partial charge in [0.25, 0.3) is 0 Å². The number of fused-ring (bicyclic) bond motifs is 3. The lowest BCUT2D eigenvalue weighted by Gasteiger charge is -2.39. The molecule has 0 aliphatic carbocycles. The fourth-order valence-corrected chi connectivity index (χ4v) is 7.01. The zero-order chi connectivity index (χ0) is 27.6. The molecular weight excluding hydrogens is 493 g/mol. The van der Waals surface area contributed by atoms with Gasteiger partial charge in [0, 0.05) is 22.5 Å². The van der Waals surface area contributed by atoms with E-state index in [1.54, 1.807) is 0 Å². The van der Waals surface area contributed by atoms with E-state index < -0.39 is 0 Å². The summed E-state index contributed by atoms with van der Waals surface area (Å²) >= 11 is 0. The van der Waals surface area contributed by atoms with Crippen LogP contribution in [0.5, 0.6) is 0 Å². The van der Waals surface area contributed by atoms with Gasteiger partial charge in [-0.25, -0.2) is 0 Å². The second-order valence-electron chi connectivity index (χ2n) is 11.8. The van der Waals surface area contributed by atoms with Gasteiger partial charge in [-0.15, -0.1) is 0 Å². The molecular formula is C39H30BN. The lowest BCUT2D eigenvalue weighted by atomic mass is 9.33. The normalized spacial score (nSPS) is 14.2. The highest BCUT2D eigenvalue weighted by molar-refractivity contribution is 6.99. The molecule has 0 aromatic heterocycles. The molecule has 3 aliphatic heterocycles. The molecule has 3 heterocycles. The molecule has 0 radical (unpaired) electrons. The summed E-state index contributed by atoms with van der Waals surface area (Å²) in [5.74, 6) is 0. The predicted molar refractivity (Wildman–Crippen MR) is 175 cm³/mol. The molecule has 0 saturated heterocycles. The molecule has 194 valence electrons. The average molecular weight is 523 g/mol. The smallest absolute Gasteiger partial charge is 0.248 e. The third-order valence-electron chi connectivity index (χ3n) is 9.20. The van der Waals surface area contributed by atoms with Crippen LogP contribution in [0.15, 0.2) is 146 Å². The molecule has 6 aromatic carbocycles. The highest BCUT2D eigenvalue weighted by Gasteiger charge is 2.39. The fourth-order valence-electron chi connectivity index (χ4n) is 7.01. The fraction of sp³-hybridized carbons (Fsp3) is 0.0769. The van der Waals surface area contributed by atoms with Crippen LogP contribution in [0.4, 0.5) is 17.1 Å². The highest BCUT2D eigenvalue weighted by atomic mass is 15.1. The first-order chi connectivity index (χ1) is 20.1. The largest absolute Gasteiger partial charge is 0.312 e. The second-order valence-corrected chi connectivity index (χ2v) is 11.8. The Hall–Kier alpha value is -4.82. The van der Waals surface area contributed by atoms with Crippen LogP contribution in [-0.2, 0) is 5.41 Å². The summed E-state index contributed by atoms with van der Waals surface area (Å²) in [6.45, 7) is 4.77. The summed E-state index contributed by atoms with van der Waals surface area (Å²) in [4.78, 5) is 2.45. The standard InChI is InChI=1S/C39H30BN/c1-39(2)29-22-20-28(21-23-29)33-17-11-16-32(27-12-5-3-6-13-27)38(33)40-34-18-9-10-19-36(34)41(31-14-7-4-8-15-31)37-25-24-30(39)26-35(37)40/h3-26H,1-2H3. The molecule has 3 aliphatic rings. The van der Waals surface area contributed by atoms with Crippen LogP contribution in [0.25, 0.3) is 22.3 Å². The van der Waals surface area contributed by atoms with Gasteiger partial charge < -0.3 is 4.90 Å². The Morgan fingerprint density at radius 2 is 1.07 bits per heavy atom.